The molecule has 3 N–H and O–H groups in total. The standard InChI is InChI=1S/C13H20N4O/c1-10-8-11(13(14)16-18)9-12(15-10)17-6-4-2-3-5-7-17/h8-9,18H,2-7H2,1H3,(H2,14,16). The number of oxime groups is 1. The zero-order valence-electron chi connectivity index (χ0n) is 10.8. The van der Waals surface area contributed by atoms with E-state index in [1.807, 2.05) is 19.1 Å². The lowest BCUT2D eigenvalue weighted by molar-refractivity contribution is 0.318. The van der Waals surface area contributed by atoms with Crippen molar-refractivity contribution in [1.29, 1.82) is 0 Å². The van der Waals surface area contributed by atoms with Gasteiger partial charge >= 0.3 is 0 Å². The predicted molar refractivity (Wildman–Crippen MR) is 72.2 cm³/mol. The number of aryl methyl sites for hydroxylation is 1. The number of nitrogens with zero attached hydrogens (tertiary/aromatic N) is 3. The van der Waals surface area contributed by atoms with Crippen LogP contribution in [0.3, 0.4) is 0 Å². The highest BCUT2D eigenvalue weighted by atomic mass is 16.4. The van der Waals surface area contributed by atoms with E-state index in [1.165, 1.54) is 25.7 Å². The molecule has 0 amide bonds. The fraction of sp³-hybridized carbons (Fsp3) is 0.538. The Balaban J connectivity index is 2.29. The van der Waals surface area contributed by atoms with E-state index in [4.69, 9.17) is 10.9 Å². The summed E-state index contributed by atoms with van der Waals surface area (Å²) in [5.74, 6) is 1.06. The Hall–Kier alpha value is -1.78. The summed E-state index contributed by atoms with van der Waals surface area (Å²) in [6.45, 7) is 3.99. The van der Waals surface area contributed by atoms with Gasteiger partial charge in [0.1, 0.15) is 5.82 Å². The first-order valence-electron chi connectivity index (χ1n) is 6.42. The Labute approximate surface area is 107 Å². The average Bonchev–Trinajstić information content (AvgIpc) is 2.66. The van der Waals surface area contributed by atoms with Gasteiger partial charge in [0.05, 0.1) is 0 Å². The highest BCUT2D eigenvalue weighted by Crippen LogP contribution is 2.19. The number of hydrogen-bond donors (Lipinski definition) is 2. The summed E-state index contributed by atoms with van der Waals surface area (Å²) < 4.78 is 0. The first kappa shape index (κ1) is 12.7. The van der Waals surface area contributed by atoms with Crippen LogP contribution in [0, 0.1) is 6.92 Å². The minimum atomic E-state index is 0.136. The quantitative estimate of drug-likeness (QED) is 0.362. The fourth-order valence-corrected chi connectivity index (χ4v) is 2.32. The molecule has 5 heteroatoms. The zero-order chi connectivity index (χ0) is 13.0. The number of pyridine rings is 1. The summed E-state index contributed by atoms with van der Waals surface area (Å²) in [5, 5.41) is 11.8. The van der Waals surface area contributed by atoms with Gasteiger partial charge in [0.25, 0.3) is 0 Å². The lowest BCUT2D eigenvalue weighted by Gasteiger charge is -2.22. The maximum Gasteiger partial charge on any atom is 0.170 e. The van der Waals surface area contributed by atoms with E-state index in [1.54, 1.807) is 0 Å². The maximum absolute atomic E-state index is 8.75. The zero-order valence-corrected chi connectivity index (χ0v) is 10.8. The second kappa shape index (κ2) is 5.71. The Kier molecular flexibility index (Phi) is 4.02. The summed E-state index contributed by atoms with van der Waals surface area (Å²) in [6.07, 6.45) is 4.98. The Morgan fingerprint density at radius 2 is 1.94 bits per heavy atom. The Morgan fingerprint density at radius 3 is 2.56 bits per heavy atom. The number of rotatable bonds is 2. The van der Waals surface area contributed by atoms with Crippen LogP contribution in [-0.4, -0.2) is 29.1 Å². The molecule has 0 aliphatic carbocycles. The number of hydrogen-bond acceptors (Lipinski definition) is 4. The highest BCUT2D eigenvalue weighted by molar-refractivity contribution is 5.97. The third-order valence-corrected chi connectivity index (χ3v) is 3.27. The minimum absolute atomic E-state index is 0.136. The van der Waals surface area contributed by atoms with Gasteiger partial charge in [-0.3, -0.25) is 0 Å². The van der Waals surface area contributed by atoms with Gasteiger partial charge in [-0.15, -0.1) is 0 Å². The summed E-state index contributed by atoms with van der Waals surface area (Å²) in [5.41, 5.74) is 7.26. The smallest absolute Gasteiger partial charge is 0.170 e. The molecular formula is C13H20N4O. The molecule has 18 heavy (non-hydrogen) atoms. The van der Waals surface area contributed by atoms with Crippen molar-refractivity contribution in [2.24, 2.45) is 10.9 Å². The molecule has 0 radical (unpaired) electrons. The van der Waals surface area contributed by atoms with Crippen molar-refractivity contribution in [1.82, 2.24) is 4.98 Å². The first-order chi connectivity index (χ1) is 8.70. The van der Waals surface area contributed by atoms with Gasteiger partial charge in [-0.1, -0.05) is 18.0 Å². The van der Waals surface area contributed by atoms with Crippen LogP contribution in [0.2, 0.25) is 0 Å². The van der Waals surface area contributed by atoms with Crippen molar-refractivity contribution >= 4 is 11.7 Å². The van der Waals surface area contributed by atoms with E-state index >= 15 is 0 Å². The van der Waals surface area contributed by atoms with Crippen LogP contribution in [0.5, 0.6) is 0 Å². The topological polar surface area (TPSA) is 74.7 Å². The molecule has 2 rings (SSSR count). The summed E-state index contributed by atoms with van der Waals surface area (Å²) >= 11 is 0. The lowest BCUT2D eigenvalue weighted by Crippen LogP contribution is -2.26. The third kappa shape index (κ3) is 2.91. The molecule has 0 saturated carbocycles. The van der Waals surface area contributed by atoms with Crippen LogP contribution in [-0.2, 0) is 0 Å². The molecule has 1 saturated heterocycles. The maximum atomic E-state index is 8.75. The largest absolute Gasteiger partial charge is 0.409 e. The van der Waals surface area contributed by atoms with Gasteiger partial charge in [0.15, 0.2) is 5.84 Å². The van der Waals surface area contributed by atoms with E-state index in [9.17, 15) is 0 Å². The predicted octanol–water partition coefficient (Wildman–Crippen LogP) is 1.86. The molecule has 0 atom stereocenters. The molecule has 1 aliphatic rings. The third-order valence-electron chi connectivity index (χ3n) is 3.27. The van der Waals surface area contributed by atoms with E-state index in [-0.39, 0.29) is 5.84 Å². The van der Waals surface area contributed by atoms with Gasteiger partial charge in [0.2, 0.25) is 0 Å². The second-order valence-corrected chi connectivity index (χ2v) is 4.74. The minimum Gasteiger partial charge on any atom is -0.409 e. The molecule has 1 aliphatic heterocycles. The van der Waals surface area contributed by atoms with Crippen molar-refractivity contribution in [2.45, 2.75) is 32.6 Å². The van der Waals surface area contributed by atoms with E-state index in [0.29, 0.717) is 0 Å². The number of aromatic nitrogens is 1. The van der Waals surface area contributed by atoms with E-state index in [2.05, 4.69) is 15.0 Å². The molecule has 0 spiro atoms. The van der Waals surface area contributed by atoms with Crippen LogP contribution < -0.4 is 10.6 Å². The molecule has 2 heterocycles. The number of anilines is 1. The summed E-state index contributed by atoms with van der Waals surface area (Å²) in [7, 11) is 0. The molecular weight excluding hydrogens is 228 g/mol. The van der Waals surface area contributed by atoms with Crippen LogP contribution >= 0.6 is 0 Å². The first-order valence-corrected chi connectivity index (χ1v) is 6.42. The highest BCUT2D eigenvalue weighted by Gasteiger charge is 2.13. The number of amidine groups is 1. The number of nitrogens with two attached hydrogens (primary N) is 1. The fourth-order valence-electron chi connectivity index (χ4n) is 2.32. The Bertz CT molecular complexity index is 437. The summed E-state index contributed by atoms with van der Waals surface area (Å²) in [6, 6.07) is 3.73. The summed E-state index contributed by atoms with van der Waals surface area (Å²) in [4.78, 5) is 6.84. The van der Waals surface area contributed by atoms with Crippen molar-refractivity contribution in [3.63, 3.8) is 0 Å². The van der Waals surface area contributed by atoms with Gasteiger partial charge in [-0.05, 0) is 31.9 Å². The molecule has 0 unspecified atom stereocenters. The SMILES string of the molecule is Cc1cc(/C(N)=N/O)cc(N2CCCCCC2)n1. The van der Waals surface area contributed by atoms with Crippen molar-refractivity contribution in [2.75, 3.05) is 18.0 Å². The van der Waals surface area contributed by atoms with E-state index < -0.39 is 0 Å². The van der Waals surface area contributed by atoms with Crippen LogP contribution in [0.25, 0.3) is 0 Å². The molecule has 5 nitrogen and oxygen atoms in total. The van der Waals surface area contributed by atoms with Gasteiger partial charge in [-0.25, -0.2) is 4.98 Å². The van der Waals surface area contributed by atoms with Crippen molar-refractivity contribution in [3.05, 3.63) is 23.4 Å². The van der Waals surface area contributed by atoms with Crippen LogP contribution in [0.1, 0.15) is 36.9 Å². The van der Waals surface area contributed by atoms with Crippen LogP contribution in [0.15, 0.2) is 17.3 Å². The average molecular weight is 248 g/mol. The Morgan fingerprint density at radius 1 is 1.28 bits per heavy atom. The van der Waals surface area contributed by atoms with Crippen molar-refractivity contribution < 1.29 is 5.21 Å². The molecule has 0 aromatic carbocycles. The molecule has 98 valence electrons. The molecule has 1 aromatic rings. The monoisotopic (exact) mass is 248 g/mol. The van der Waals surface area contributed by atoms with Gasteiger partial charge in [0, 0.05) is 24.3 Å². The second-order valence-electron chi connectivity index (χ2n) is 4.74. The van der Waals surface area contributed by atoms with Crippen molar-refractivity contribution in [3.8, 4) is 0 Å². The lowest BCUT2D eigenvalue weighted by atomic mass is 10.2. The molecule has 1 fully saturated rings. The van der Waals surface area contributed by atoms with Gasteiger partial charge in [-0.2, -0.15) is 0 Å². The van der Waals surface area contributed by atoms with E-state index in [0.717, 1.165) is 30.2 Å². The normalized spacial score (nSPS) is 17.6. The van der Waals surface area contributed by atoms with Crippen LogP contribution in [0.4, 0.5) is 5.82 Å². The van der Waals surface area contributed by atoms with Gasteiger partial charge < -0.3 is 15.8 Å². The molecule has 1 aromatic heterocycles. The molecule has 0 bridgehead atoms.